The Kier molecular flexibility index (Phi) is 15.5. The number of benzene rings is 4. The Bertz CT molecular complexity index is 1450. The van der Waals surface area contributed by atoms with E-state index in [4.69, 9.17) is 0 Å². The Hall–Kier alpha value is -2.31. The van der Waals surface area contributed by atoms with Gasteiger partial charge in [0.1, 0.15) is 0 Å². The second-order valence-corrected chi connectivity index (χ2v) is 14.9. The fraction of sp³-hybridized carbons (Fsp3) is 0.293. The third kappa shape index (κ3) is 10.7. The molecule has 3 heteroatoms. The number of halogens is 2. The molecular formula is C41H44Cl2Zr-2. The minimum Gasteiger partial charge on any atom is -1.00 e. The van der Waals surface area contributed by atoms with Gasteiger partial charge in [-0.05, 0) is 23.1 Å². The van der Waals surface area contributed by atoms with Crippen LogP contribution in [0.5, 0.6) is 0 Å². The van der Waals surface area contributed by atoms with Crippen LogP contribution in [0.15, 0.2) is 109 Å². The molecule has 1 unspecified atom stereocenters. The van der Waals surface area contributed by atoms with E-state index in [9.17, 15) is 0 Å². The zero-order valence-electron chi connectivity index (χ0n) is 27.0. The first-order chi connectivity index (χ1) is 20.2. The molecule has 1 atom stereocenters. The first-order valence-electron chi connectivity index (χ1n) is 15.3. The van der Waals surface area contributed by atoms with Gasteiger partial charge >= 0.3 is 41.3 Å². The van der Waals surface area contributed by atoms with Crippen LogP contribution in [-0.2, 0) is 30.7 Å². The van der Waals surface area contributed by atoms with Gasteiger partial charge in [0.05, 0.1) is 0 Å². The standard InChI is InChI=1S/C25H17.C13H21.C3H6.2ClH.Zr/c1-3-7-18(8-4-1)20-11-13-24-22(15-20)17-23-16-21(12-14-25(23)24)19-9-5-2-6-10-19;1-5-6-7-11-8-9-12(10-11)13(2,3)4;1-3-2;;;/h1-15H,17H2;9-11H,5-7H2,1-4H3;1-2H3;2*1H;/q2*-1;;;;+2/p-2. The van der Waals surface area contributed by atoms with E-state index in [1.165, 1.54) is 72.5 Å². The summed E-state index contributed by atoms with van der Waals surface area (Å²) in [7, 11) is 0. The van der Waals surface area contributed by atoms with Crippen molar-refractivity contribution in [1.82, 2.24) is 0 Å². The van der Waals surface area contributed by atoms with Gasteiger partial charge in [0.25, 0.3) is 0 Å². The van der Waals surface area contributed by atoms with Gasteiger partial charge < -0.3 is 24.8 Å². The van der Waals surface area contributed by atoms with E-state index in [0.717, 1.165) is 6.42 Å². The largest absolute Gasteiger partial charge is 1.00 e. The fourth-order valence-electron chi connectivity index (χ4n) is 5.29. The monoisotopic (exact) mass is 696 g/mol. The Morgan fingerprint density at radius 1 is 0.795 bits per heavy atom. The molecule has 4 aromatic rings. The molecule has 0 aliphatic heterocycles. The van der Waals surface area contributed by atoms with Crippen LogP contribution in [0.3, 0.4) is 0 Å². The first-order valence-corrected chi connectivity index (χ1v) is 16.5. The Morgan fingerprint density at radius 2 is 1.39 bits per heavy atom. The molecule has 2 aliphatic rings. The van der Waals surface area contributed by atoms with Gasteiger partial charge in [0.15, 0.2) is 0 Å². The number of fused-ring (bicyclic) bond motifs is 3. The molecule has 44 heavy (non-hydrogen) atoms. The number of allylic oxidation sites excluding steroid dienone is 4. The summed E-state index contributed by atoms with van der Waals surface area (Å²) in [4.78, 5) is 0. The van der Waals surface area contributed by atoms with Crippen molar-refractivity contribution in [1.29, 1.82) is 0 Å². The number of hydrogen-bond acceptors (Lipinski definition) is 0. The average molecular weight is 699 g/mol. The summed E-state index contributed by atoms with van der Waals surface area (Å²) in [5.41, 5.74) is 12.1. The third-order valence-corrected chi connectivity index (χ3v) is 7.55. The van der Waals surface area contributed by atoms with E-state index in [-0.39, 0.29) is 24.8 Å². The zero-order valence-corrected chi connectivity index (χ0v) is 30.9. The summed E-state index contributed by atoms with van der Waals surface area (Å²) < 4.78 is 1.51. The van der Waals surface area contributed by atoms with Crippen LogP contribution in [0.25, 0.3) is 33.4 Å². The topological polar surface area (TPSA) is 0 Å². The molecule has 0 saturated carbocycles. The maximum atomic E-state index is 3.65. The number of rotatable bonds is 5. The third-order valence-electron chi connectivity index (χ3n) is 7.55. The van der Waals surface area contributed by atoms with Crippen LogP contribution in [0.4, 0.5) is 0 Å². The van der Waals surface area contributed by atoms with E-state index < -0.39 is 0 Å². The molecule has 0 radical (unpaired) electrons. The van der Waals surface area contributed by atoms with Crippen molar-refractivity contribution in [3.05, 3.63) is 132 Å². The van der Waals surface area contributed by atoms with Crippen molar-refractivity contribution >= 4 is 3.21 Å². The van der Waals surface area contributed by atoms with Gasteiger partial charge in [-0.3, -0.25) is 6.08 Å². The molecule has 0 amide bonds. The maximum Gasteiger partial charge on any atom is -0.0181 e. The fourth-order valence-corrected chi connectivity index (χ4v) is 5.29. The van der Waals surface area contributed by atoms with E-state index in [2.05, 4.69) is 157 Å². The maximum absolute atomic E-state index is 3.65. The van der Waals surface area contributed by atoms with Crippen molar-refractivity contribution in [2.24, 2.45) is 11.3 Å². The van der Waals surface area contributed by atoms with Crippen LogP contribution in [0.2, 0.25) is 0 Å². The van der Waals surface area contributed by atoms with E-state index >= 15 is 0 Å². The minimum absolute atomic E-state index is 0. The SMILES string of the molecule is CCCCC1[C-]=CC(C(C)(C)C)=C1.C[C](C)=[Zr+2].[Cl-].[Cl-].[c-]1c(-c2ccccc2)ccc2c1Cc1cc(-c3ccccc3)ccc1-2. The molecule has 0 bridgehead atoms. The molecule has 228 valence electrons. The van der Waals surface area contributed by atoms with Crippen molar-refractivity contribution in [3.8, 4) is 33.4 Å². The molecule has 0 fully saturated rings. The van der Waals surface area contributed by atoms with Crippen LogP contribution in [-0.4, -0.2) is 3.21 Å². The van der Waals surface area contributed by atoms with Crippen molar-refractivity contribution in [3.63, 3.8) is 0 Å². The smallest absolute Gasteiger partial charge is 0.0181 e. The second kappa shape index (κ2) is 18.0. The molecule has 0 saturated heterocycles. The van der Waals surface area contributed by atoms with Gasteiger partial charge in [0.2, 0.25) is 0 Å². The summed E-state index contributed by atoms with van der Waals surface area (Å²) >= 11 is 1.55. The molecule has 0 nitrogen and oxygen atoms in total. The second-order valence-electron chi connectivity index (χ2n) is 12.5. The summed E-state index contributed by atoms with van der Waals surface area (Å²) in [5.74, 6) is 0.592. The molecule has 0 spiro atoms. The van der Waals surface area contributed by atoms with Crippen LogP contribution in [0.1, 0.15) is 71.9 Å². The van der Waals surface area contributed by atoms with E-state index in [0.29, 0.717) is 11.3 Å². The molecular weight excluding hydrogens is 655 g/mol. The van der Waals surface area contributed by atoms with Gasteiger partial charge in [0, 0.05) is 0 Å². The Morgan fingerprint density at radius 3 is 1.95 bits per heavy atom. The van der Waals surface area contributed by atoms with Crippen LogP contribution in [0, 0.1) is 23.5 Å². The van der Waals surface area contributed by atoms with Crippen LogP contribution < -0.4 is 24.8 Å². The van der Waals surface area contributed by atoms with Gasteiger partial charge in [-0.2, -0.15) is 11.6 Å². The molecule has 0 aromatic heterocycles. The molecule has 2 aliphatic carbocycles. The molecule has 0 heterocycles. The zero-order chi connectivity index (χ0) is 30.1. The average Bonchev–Trinajstić information content (AvgIpc) is 3.61. The Labute approximate surface area is 294 Å². The summed E-state index contributed by atoms with van der Waals surface area (Å²) in [6.07, 6.45) is 12.8. The van der Waals surface area contributed by atoms with Crippen LogP contribution >= 0.6 is 0 Å². The van der Waals surface area contributed by atoms with Gasteiger partial charge in [-0.25, -0.2) is 6.08 Å². The van der Waals surface area contributed by atoms with E-state index in [1.54, 1.807) is 24.2 Å². The molecule has 4 aromatic carbocycles. The van der Waals surface area contributed by atoms with Gasteiger partial charge in [-0.15, -0.1) is 29.3 Å². The normalized spacial score (nSPS) is 13.9. The van der Waals surface area contributed by atoms with Crippen molar-refractivity contribution < 1.29 is 49.0 Å². The van der Waals surface area contributed by atoms with Crippen molar-refractivity contribution in [2.45, 2.75) is 67.2 Å². The predicted molar refractivity (Wildman–Crippen MR) is 179 cm³/mol. The minimum atomic E-state index is 0. The summed E-state index contributed by atoms with van der Waals surface area (Å²) in [6, 6.07) is 36.0. The Balaban J connectivity index is 0.000000303. The van der Waals surface area contributed by atoms with E-state index in [1.807, 2.05) is 0 Å². The number of unbranched alkanes of at least 4 members (excludes halogenated alkanes) is 1. The summed E-state index contributed by atoms with van der Waals surface area (Å²) in [6.45, 7) is 13.3. The number of hydrogen-bond donors (Lipinski definition) is 0. The quantitative estimate of drug-likeness (QED) is 0.219. The first kappa shape index (κ1) is 37.9. The molecule has 6 rings (SSSR count). The predicted octanol–water partition coefficient (Wildman–Crippen LogP) is 5.28. The van der Waals surface area contributed by atoms with Gasteiger partial charge in [-0.1, -0.05) is 154 Å². The molecule has 0 N–H and O–H groups in total. The van der Waals surface area contributed by atoms with Crippen molar-refractivity contribution in [2.75, 3.05) is 0 Å². The summed E-state index contributed by atoms with van der Waals surface area (Å²) in [5, 5.41) is 0.